The Labute approximate surface area is 107 Å². The molecule has 1 unspecified atom stereocenters. The van der Waals surface area contributed by atoms with E-state index in [9.17, 15) is 4.79 Å². The summed E-state index contributed by atoms with van der Waals surface area (Å²) in [6.07, 6.45) is 3.33. The van der Waals surface area contributed by atoms with E-state index in [0.717, 1.165) is 31.4 Å². The van der Waals surface area contributed by atoms with Crippen LogP contribution in [0, 0.1) is 0 Å². The molecule has 0 saturated carbocycles. The zero-order valence-electron chi connectivity index (χ0n) is 10.1. The van der Waals surface area contributed by atoms with Crippen LogP contribution < -0.4 is 5.32 Å². The molecule has 92 valence electrons. The molecule has 1 N–H and O–H groups in total. The summed E-state index contributed by atoms with van der Waals surface area (Å²) in [7, 11) is 0. The van der Waals surface area contributed by atoms with E-state index in [2.05, 4.69) is 12.2 Å². The number of rotatable bonds is 4. The van der Waals surface area contributed by atoms with Gasteiger partial charge in [0.2, 0.25) is 0 Å². The number of hydrogen-bond donors (Lipinski definition) is 1. The molecule has 0 radical (unpaired) electrons. The molecule has 0 spiro atoms. The van der Waals surface area contributed by atoms with Crippen molar-refractivity contribution in [2.75, 3.05) is 6.54 Å². The van der Waals surface area contributed by atoms with Crippen LogP contribution in [0.1, 0.15) is 31.7 Å². The van der Waals surface area contributed by atoms with Gasteiger partial charge in [-0.25, -0.2) is 0 Å². The highest BCUT2D eigenvalue weighted by Crippen LogP contribution is 2.27. The first-order chi connectivity index (χ1) is 8.18. The van der Waals surface area contributed by atoms with Gasteiger partial charge in [-0.2, -0.15) is 0 Å². The average molecular weight is 252 g/mol. The Bertz CT molecular complexity index is 410. The summed E-state index contributed by atoms with van der Waals surface area (Å²) in [6.45, 7) is 3.02. The number of nitrogens with one attached hydrogen (secondary N) is 1. The zero-order chi connectivity index (χ0) is 12.3. The molecule has 0 aliphatic carbocycles. The van der Waals surface area contributed by atoms with Gasteiger partial charge in [0.05, 0.1) is 5.54 Å². The van der Waals surface area contributed by atoms with E-state index in [1.165, 1.54) is 0 Å². The molecule has 0 aromatic heterocycles. The van der Waals surface area contributed by atoms with Crippen molar-refractivity contribution in [3.05, 3.63) is 34.9 Å². The van der Waals surface area contributed by atoms with Crippen LogP contribution in [0.2, 0.25) is 5.02 Å². The third-order valence-corrected chi connectivity index (χ3v) is 4.06. The molecule has 2 rings (SSSR count). The Balaban J connectivity index is 2.14. The maximum Gasteiger partial charge on any atom is 0.157 e. The number of benzene rings is 1. The summed E-state index contributed by atoms with van der Waals surface area (Å²) in [5.74, 6) is 0.269. The van der Waals surface area contributed by atoms with Crippen molar-refractivity contribution >= 4 is 17.4 Å². The molecule has 1 heterocycles. The second-order valence-corrected chi connectivity index (χ2v) is 5.06. The highest BCUT2D eigenvalue weighted by Gasteiger charge is 2.38. The van der Waals surface area contributed by atoms with Crippen molar-refractivity contribution in [2.45, 2.75) is 38.1 Å². The van der Waals surface area contributed by atoms with Crippen LogP contribution >= 0.6 is 11.6 Å². The summed E-state index contributed by atoms with van der Waals surface area (Å²) in [4.78, 5) is 12.4. The second kappa shape index (κ2) is 5.19. The van der Waals surface area contributed by atoms with Crippen LogP contribution in [0.25, 0.3) is 0 Å². The highest BCUT2D eigenvalue weighted by molar-refractivity contribution is 6.31. The molecule has 1 fully saturated rings. The summed E-state index contributed by atoms with van der Waals surface area (Å²) in [6, 6.07) is 7.58. The van der Waals surface area contributed by atoms with Gasteiger partial charge in [-0.1, -0.05) is 36.7 Å². The minimum Gasteiger partial charge on any atom is -0.305 e. The third kappa shape index (κ3) is 2.53. The summed E-state index contributed by atoms with van der Waals surface area (Å²) < 4.78 is 0. The van der Waals surface area contributed by atoms with E-state index in [0.29, 0.717) is 11.4 Å². The minimum absolute atomic E-state index is 0.269. The maximum atomic E-state index is 12.4. The lowest BCUT2D eigenvalue weighted by molar-refractivity contribution is -0.124. The van der Waals surface area contributed by atoms with Crippen molar-refractivity contribution in [2.24, 2.45) is 0 Å². The Morgan fingerprint density at radius 3 is 2.82 bits per heavy atom. The van der Waals surface area contributed by atoms with Crippen LogP contribution in [-0.2, 0) is 11.2 Å². The smallest absolute Gasteiger partial charge is 0.157 e. The Hall–Kier alpha value is -0.860. The fourth-order valence-corrected chi connectivity index (χ4v) is 2.73. The molecule has 17 heavy (non-hydrogen) atoms. The van der Waals surface area contributed by atoms with Crippen molar-refractivity contribution in [3.8, 4) is 0 Å². The van der Waals surface area contributed by atoms with E-state index in [1.807, 2.05) is 24.3 Å². The summed E-state index contributed by atoms with van der Waals surface area (Å²) in [5, 5.41) is 4.05. The zero-order valence-corrected chi connectivity index (χ0v) is 10.9. The molecule has 3 heteroatoms. The Kier molecular flexibility index (Phi) is 3.85. The third-order valence-electron chi connectivity index (χ3n) is 3.69. The van der Waals surface area contributed by atoms with Gasteiger partial charge >= 0.3 is 0 Å². The lowest BCUT2D eigenvalue weighted by Crippen LogP contribution is -2.47. The van der Waals surface area contributed by atoms with Crippen LogP contribution in [0.15, 0.2) is 24.3 Å². The summed E-state index contributed by atoms with van der Waals surface area (Å²) in [5.41, 5.74) is 0.625. The Morgan fingerprint density at radius 1 is 1.47 bits per heavy atom. The molecule has 1 aromatic rings. The van der Waals surface area contributed by atoms with E-state index in [4.69, 9.17) is 11.6 Å². The molecule has 1 saturated heterocycles. The largest absolute Gasteiger partial charge is 0.305 e. The fourth-order valence-electron chi connectivity index (χ4n) is 2.53. The van der Waals surface area contributed by atoms with Gasteiger partial charge in [0, 0.05) is 11.4 Å². The van der Waals surface area contributed by atoms with Crippen LogP contribution in [-0.4, -0.2) is 17.9 Å². The van der Waals surface area contributed by atoms with Gasteiger partial charge < -0.3 is 5.32 Å². The standard InChI is InChI=1S/C14H18ClNO/c1-2-14(8-5-9-16-14)13(17)10-11-6-3-4-7-12(11)15/h3-4,6-7,16H,2,5,8-10H2,1H3. The molecule has 2 nitrogen and oxygen atoms in total. The van der Waals surface area contributed by atoms with Crippen molar-refractivity contribution in [3.63, 3.8) is 0 Å². The highest BCUT2D eigenvalue weighted by atomic mass is 35.5. The number of ketones is 1. The van der Waals surface area contributed by atoms with E-state index < -0.39 is 0 Å². The first-order valence-corrected chi connectivity index (χ1v) is 6.57. The topological polar surface area (TPSA) is 29.1 Å². The molecular formula is C14H18ClNO. The molecule has 1 aromatic carbocycles. The second-order valence-electron chi connectivity index (χ2n) is 4.66. The Morgan fingerprint density at radius 2 is 2.24 bits per heavy atom. The minimum atomic E-state index is -0.306. The van der Waals surface area contributed by atoms with Crippen LogP contribution in [0.3, 0.4) is 0 Å². The van der Waals surface area contributed by atoms with E-state index in [1.54, 1.807) is 0 Å². The number of halogens is 1. The van der Waals surface area contributed by atoms with Crippen molar-refractivity contribution in [1.29, 1.82) is 0 Å². The molecule has 0 bridgehead atoms. The monoisotopic (exact) mass is 251 g/mol. The average Bonchev–Trinajstić information content (AvgIpc) is 2.82. The van der Waals surface area contributed by atoms with E-state index in [-0.39, 0.29) is 11.3 Å². The molecule has 1 aliphatic rings. The molecular weight excluding hydrogens is 234 g/mol. The lowest BCUT2D eigenvalue weighted by Gasteiger charge is -2.26. The van der Waals surface area contributed by atoms with Gasteiger partial charge in [-0.05, 0) is 37.4 Å². The fraction of sp³-hybridized carbons (Fsp3) is 0.500. The number of carbonyl (C=O) groups is 1. The predicted octanol–water partition coefficient (Wildman–Crippen LogP) is 2.98. The maximum absolute atomic E-state index is 12.4. The normalized spacial score (nSPS) is 23.9. The predicted molar refractivity (Wildman–Crippen MR) is 70.4 cm³/mol. The molecule has 1 aliphatic heterocycles. The van der Waals surface area contributed by atoms with Gasteiger partial charge in [-0.3, -0.25) is 4.79 Å². The van der Waals surface area contributed by atoms with Crippen molar-refractivity contribution in [1.82, 2.24) is 5.32 Å². The molecule has 0 amide bonds. The number of carbonyl (C=O) groups excluding carboxylic acids is 1. The quantitative estimate of drug-likeness (QED) is 0.892. The van der Waals surface area contributed by atoms with Gasteiger partial charge in [0.15, 0.2) is 5.78 Å². The van der Waals surface area contributed by atoms with Crippen LogP contribution in [0.5, 0.6) is 0 Å². The van der Waals surface area contributed by atoms with Crippen molar-refractivity contribution < 1.29 is 4.79 Å². The first kappa shape index (κ1) is 12.6. The van der Waals surface area contributed by atoms with Gasteiger partial charge in [0.1, 0.15) is 0 Å². The lowest BCUT2D eigenvalue weighted by atomic mass is 9.86. The number of hydrogen-bond acceptors (Lipinski definition) is 2. The number of Topliss-reactive ketones (excluding diaryl/α,β-unsaturated/α-hetero) is 1. The molecule has 1 atom stereocenters. The summed E-state index contributed by atoms with van der Waals surface area (Å²) >= 11 is 6.09. The van der Waals surface area contributed by atoms with Crippen LogP contribution in [0.4, 0.5) is 0 Å². The SMILES string of the molecule is CCC1(C(=O)Cc2ccccc2Cl)CCCN1. The van der Waals surface area contributed by atoms with E-state index >= 15 is 0 Å². The van der Waals surface area contributed by atoms with Gasteiger partial charge in [-0.15, -0.1) is 0 Å². The van der Waals surface area contributed by atoms with Gasteiger partial charge in [0.25, 0.3) is 0 Å². The first-order valence-electron chi connectivity index (χ1n) is 6.20.